The van der Waals surface area contributed by atoms with Crippen molar-refractivity contribution in [3.05, 3.63) is 28.3 Å². The summed E-state index contributed by atoms with van der Waals surface area (Å²) in [6.45, 7) is 7.57. The Morgan fingerprint density at radius 1 is 1.39 bits per heavy atom. The Morgan fingerprint density at radius 3 is 2.44 bits per heavy atom. The van der Waals surface area contributed by atoms with Gasteiger partial charge in [-0.3, -0.25) is 4.79 Å². The van der Waals surface area contributed by atoms with Gasteiger partial charge in [-0.05, 0) is 49.9 Å². The van der Waals surface area contributed by atoms with Gasteiger partial charge < -0.3 is 4.74 Å². The van der Waals surface area contributed by atoms with E-state index in [9.17, 15) is 4.79 Å². The number of ketones is 1. The van der Waals surface area contributed by atoms with Gasteiger partial charge in [0, 0.05) is 5.56 Å². The number of ether oxygens (including phenoxy) is 1. The van der Waals surface area contributed by atoms with Crippen LogP contribution < -0.4 is 4.74 Å². The van der Waals surface area contributed by atoms with Gasteiger partial charge in [0.25, 0.3) is 0 Å². The van der Waals surface area contributed by atoms with Crippen LogP contribution in [0.15, 0.2) is 6.07 Å². The van der Waals surface area contributed by atoms with E-state index in [-0.39, 0.29) is 5.78 Å². The van der Waals surface area contributed by atoms with Gasteiger partial charge in [-0.15, -0.1) is 0 Å². The molecule has 1 aromatic rings. The molecule has 0 radical (unpaired) electrons. The molecule has 96 valence electrons. The van der Waals surface area contributed by atoms with Crippen LogP contribution in [0.5, 0.6) is 5.75 Å². The highest BCUT2D eigenvalue weighted by molar-refractivity contribution is 6.02. The molecule has 0 aliphatic rings. The first-order valence-electron chi connectivity index (χ1n) is 6.06. The number of hydrogen-bond acceptors (Lipinski definition) is 3. The minimum atomic E-state index is -0.560. The Balaban J connectivity index is 3.39. The Hall–Kier alpha value is -1.82. The van der Waals surface area contributed by atoms with Crippen molar-refractivity contribution in [2.45, 2.75) is 34.1 Å². The maximum absolute atomic E-state index is 12.3. The van der Waals surface area contributed by atoms with Gasteiger partial charge >= 0.3 is 0 Å². The summed E-state index contributed by atoms with van der Waals surface area (Å²) in [5.74, 6) is 0.141. The second-order valence-electron chi connectivity index (χ2n) is 4.47. The predicted molar refractivity (Wildman–Crippen MR) is 70.9 cm³/mol. The monoisotopic (exact) mass is 245 g/mol. The largest absolute Gasteiger partial charge is 0.496 e. The average Bonchev–Trinajstić information content (AvgIpc) is 2.35. The lowest BCUT2D eigenvalue weighted by Gasteiger charge is -2.16. The van der Waals surface area contributed by atoms with Crippen molar-refractivity contribution in [2.24, 2.45) is 5.92 Å². The first kappa shape index (κ1) is 14.2. The number of carbonyl (C=O) groups is 1. The molecule has 0 fully saturated rings. The van der Waals surface area contributed by atoms with Gasteiger partial charge in [0.2, 0.25) is 0 Å². The summed E-state index contributed by atoms with van der Waals surface area (Å²) in [7, 11) is 1.62. The number of rotatable bonds is 4. The van der Waals surface area contributed by atoms with Gasteiger partial charge in [-0.1, -0.05) is 6.92 Å². The molecular weight excluding hydrogens is 226 g/mol. The van der Waals surface area contributed by atoms with Crippen LogP contribution in [0.4, 0.5) is 0 Å². The maximum atomic E-state index is 12.3. The zero-order chi connectivity index (χ0) is 13.9. The fourth-order valence-corrected chi connectivity index (χ4v) is 2.15. The standard InChI is InChI=1S/C15H19NO2/c1-6-12(8-16)15(17)14-9(2)7-13(18-5)10(3)11(14)4/h7,12H,6H2,1-5H3. The molecule has 0 saturated heterocycles. The van der Waals surface area contributed by atoms with E-state index in [2.05, 4.69) is 6.07 Å². The van der Waals surface area contributed by atoms with Crippen LogP contribution >= 0.6 is 0 Å². The van der Waals surface area contributed by atoms with Crippen LogP contribution in [-0.4, -0.2) is 12.9 Å². The van der Waals surface area contributed by atoms with Gasteiger partial charge in [0.1, 0.15) is 11.7 Å². The number of nitriles is 1. The Bertz CT molecular complexity index is 512. The molecule has 1 rings (SSSR count). The lowest BCUT2D eigenvalue weighted by molar-refractivity contribution is 0.0945. The highest BCUT2D eigenvalue weighted by Crippen LogP contribution is 2.29. The third-order valence-corrected chi connectivity index (χ3v) is 3.40. The summed E-state index contributed by atoms with van der Waals surface area (Å²) in [4.78, 5) is 12.3. The molecule has 0 aliphatic carbocycles. The summed E-state index contributed by atoms with van der Waals surface area (Å²) in [6, 6.07) is 3.93. The molecule has 0 amide bonds. The first-order valence-corrected chi connectivity index (χ1v) is 6.06. The Morgan fingerprint density at radius 2 is 2.00 bits per heavy atom. The summed E-state index contributed by atoms with van der Waals surface area (Å²) >= 11 is 0. The maximum Gasteiger partial charge on any atom is 0.180 e. The van der Waals surface area contributed by atoms with E-state index < -0.39 is 5.92 Å². The summed E-state index contributed by atoms with van der Waals surface area (Å²) in [6.07, 6.45) is 0.541. The molecule has 3 nitrogen and oxygen atoms in total. The highest BCUT2D eigenvalue weighted by Gasteiger charge is 2.23. The van der Waals surface area contributed by atoms with E-state index in [4.69, 9.17) is 10.00 Å². The zero-order valence-electron chi connectivity index (χ0n) is 11.6. The molecular formula is C15H19NO2. The van der Waals surface area contributed by atoms with Crippen molar-refractivity contribution >= 4 is 5.78 Å². The van der Waals surface area contributed by atoms with Gasteiger partial charge in [0.15, 0.2) is 5.78 Å². The van der Waals surface area contributed by atoms with Crippen LogP contribution in [0.3, 0.4) is 0 Å². The smallest absolute Gasteiger partial charge is 0.180 e. The molecule has 0 bridgehead atoms. The van der Waals surface area contributed by atoms with E-state index in [0.717, 1.165) is 22.4 Å². The SMILES string of the molecule is CCC(C#N)C(=O)c1c(C)cc(OC)c(C)c1C. The van der Waals surface area contributed by atoms with Crippen LogP contribution in [-0.2, 0) is 0 Å². The van der Waals surface area contributed by atoms with E-state index in [1.165, 1.54) is 0 Å². The number of benzene rings is 1. The summed E-state index contributed by atoms with van der Waals surface area (Å²) in [5.41, 5.74) is 3.40. The van der Waals surface area contributed by atoms with Gasteiger partial charge in [-0.2, -0.15) is 5.26 Å². The third kappa shape index (κ3) is 2.38. The fraction of sp³-hybridized carbons (Fsp3) is 0.467. The number of methoxy groups -OCH3 is 1. The van der Waals surface area contributed by atoms with E-state index in [1.807, 2.05) is 33.8 Å². The Labute approximate surface area is 108 Å². The molecule has 1 atom stereocenters. The topological polar surface area (TPSA) is 50.1 Å². The summed E-state index contributed by atoms with van der Waals surface area (Å²) in [5, 5.41) is 9.01. The average molecular weight is 245 g/mol. The molecule has 0 heterocycles. The number of carbonyl (C=O) groups excluding carboxylic acids is 1. The number of nitrogens with zero attached hydrogens (tertiary/aromatic N) is 1. The number of hydrogen-bond donors (Lipinski definition) is 0. The molecule has 0 N–H and O–H groups in total. The van der Waals surface area contributed by atoms with Gasteiger partial charge in [0.05, 0.1) is 13.2 Å². The van der Waals surface area contributed by atoms with Crippen LogP contribution in [0.1, 0.15) is 40.4 Å². The molecule has 3 heteroatoms. The van der Waals surface area contributed by atoms with Crippen molar-refractivity contribution in [2.75, 3.05) is 7.11 Å². The highest BCUT2D eigenvalue weighted by atomic mass is 16.5. The zero-order valence-corrected chi connectivity index (χ0v) is 11.6. The molecule has 0 spiro atoms. The van der Waals surface area contributed by atoms with Crippen molar-refractivity contribution in [3.8, 4) is 11.8 Å². The third-order valence-electron chi connectivity index (χ3n) is 3.40. The van der Waals surface area contributed by atoms with Crippen molar-refractivity contribution in [3.63, 3.8) is 0 Å². The molecule has 0 aliphatic heterocycles. The predicted octanol–water partition coefficient (Wildman–Crippen LogP) is 3.35. The van der Waals surface area contributed by atoms with Crippen LogP contribution in [0, 0.1) is 38.0 Å². The molecule has 18 heavy (non-hydrogen) atoms. The quantitative estimate of drug-likeness (QED) is 0.764. The normalized spacial score (nSPS) is 11.8. The molecule has 0 aromatic heterocycles. The van der Waals surface area contributed by atoms with Crippen molar-refractivity contribution in [1.29, 1.82) is 5.26 Å². The first-order chi connectivity index (χ1) is 8.47. The number of Topliss-reactive ketones (excluding diaryl/α,β-unsaturated/α-hetero) is 1. The molecule has 0 saturated carbocycles. The molecule has 1 aromatic carbocycles. The van der Waals surface area contributed by atoms with Crippen LogP contribution in [0.25, 0.3) is 0 Å². The Kier molecular flexibility index (Phi) is 4.49. The van der Waals surface area contributed by atoms with E-state index in [1.54, 1.807) is 7.11 Å². The lowest BCUT2D eigenvalue weighted by atomic mass is 9.88. The molecule has 1 unspecified atom stereocenters. The second-order valence-corrected chi connectivity index (χ2v) is 4.47. The van der Waals surface area contributed by atoms with Crippen molar-refractivity contribution < 1.29 is 9.53 Å². The van der Waals surface area contributed by atoms with Gasteiger partial charge in [-0.25, -0.2) is 0 Å². The summed E-state index contributed by atoms with van der Waals surface area (Å²) < 4.78 is 5.28. The second kappa shape index (κ2) is 5.68. The van der Waals surface area contributed by atoms with Crippen molar-refractivity contribution in [1.82, 2.24) is 0 Å². The lowest BCUT2D eigenvalue weighted by Crippen LogP contribution is -2.16. The fourth-order valence-electron chi connectivity index (χ4n) is 2.15. The minimum absolute atomic E-state index is 0.0826. The van der Waals surface area contributed by atoms with E-state index in [0.29, 0.717) is 12.0 Å². The number of aryl methyl sites for hydroxylation is 1. The van der Waals surface area contributed by atoms with Crippen LogP contribution in [0.2, 0.25) is 0 Å². The minimum Gasteiger partial charge on any atom is -0.496 e. The van der Waals surface area contributed by atoms with E-state index >= 15 is 0 Å².